The fourth-order valence-electron chi connectivity index (χ4n) is 2.53. The van der Waals surface area contributed by atoms with E-state index in [1.807, 2.05) is 4.90 Å². The van der Waals surface area contributed by atoms with Crippen molar-refractivity contribution in [3.63, 3.8) is 0 Å². The SMILES string of the molecule is NC[C@@H]1CCCCN1C(=O)Cc1c(Cl)cccc1Cl. The van der Waals surface area contributed by atoms with Gasteiger partial charge in [-0.15, -0.1) is 0 Å². The fourth-order valence-corrected chi connectivity index (χ4v) is 3.06. The smallest absolute Gasteiger partial charge is 0.227 e. The van der Waals surface area contributed by atoms with Crippen LogP contribution in [0.3, 0.4) is 0 Å². The molecule has 1 heterocycles. The Labute approximate surface area is 123 Å². The van der Waals surface area contributed by atoms with E-state index in [1.165, 1.54) is 0 Å². The summed E-state index contributed by atoms with van der Waals surface area (Å²) in [5.74, 6) is 0.0603. The Morgan fingerprint density at radius 2 is 2.00 bits per heavy atom. The van der Waals surface area contributed by atoms with E-state index in [2.05, 4.69) is 0 Å². The Morgan fingerprint density at radius 3 is 2.63 bits per heavy atom. The number of amides is 1. The van der Waals surface area contributed by atoms with E-state index in [9.17, 15) is 4.79 Å². The molecule has 3 nitrogen and oxygen atoms in total. The van der Waals surface area contributed by atoms with Gasteiger partial charge in [0.15, 0.2) is 0 Å². The summed E-state index contributed by atoms with van der Waals surface area (Å²) in [5.41, 5.74) is 6.44. The first kappa shape index (κ1) is 14.6. The lowest BCUT2D eigenvalue weighted by Gasteiger charge is -2.35. The number of hydrogen-bond donors (Lipinski definition) is 1. The highest BCUT2D eigenvalue weighted by Crippen LogP contribution is 2.26. The molecule has 1 saturated heterocycles. The number of halogens is 2. The van der Waals surface area contributed by atoms with E-state index in [0.29, 0.717) is 22.2 Å². The Kier molecular flexibility index (Phi) is 5.08. The largest absolute Gasteiger partial charge is 0.338 e. The van der Waals surface area contributed by atoms with Crippen molar-refractivity contribution >= 4 is 29.1 Å². The zero-order chi connectivity index (χ0) is 13.8. The van der Waals surface area contributed by atoms with Crippen molar-refractivity contribution in [3.05, 3.63) is 33.8 Å². The van der Waals surface area contributed by atoms with Crippen molar-refractivity contribution in [2.75, 3.05) is 13.1 Å². The lowest BCUT2D eigenvalue weighted by atomic mass is 10.0. The van der Waals surface area contributed by atoms with Gasteiger partial charge < -0.3 is 10.6 Å². The van der Waals surface area contributed by atoms with Crippen molar-refractivity contribution < 1.29 is 4.79 Å². The number of likely N-dealkylation sites (tertiary alicyclic amines) is 1. The zero-order valence-electron chi connectivity index (χ0n) is 10.7. The van der Waals surface area contributed by atoms with Gasteiger partial charge in [-0.05, 0) is 37.0 Å². The maximum Gasteiger partial charge on any atom is 0.227 e. The summed E-state index contributed by atoms with van der Waals surface area (Å²) in [4.78, 5) is 14.3. The minimum atomic E-state index is 0.0603. The number of hydrogen-bond acceptors (Lipinski definition) is 2. The van der Waals surface area contributed by atoms with Gasteiger partial charge in [0.1, 0.15) is 0 Å². The van der Waals surface area contributed by atoms with Gasteiger partial charge in [-0.2, -0.15) is 0 Å². The molecule has 1 fully saturated rings. The van der Waals surface area contributed by atoms with Crippen LogP contribution in [-0.4, -0.2) is 29.9 Å². The predicted molar refractivity (Wildman–Crippen MR) is 78.6 cm³/mol. The van der Waals surface area contributed by atoms with Gasteiger partial charge in [-0.3, -0.25) is 4.79 Å². The van der Waals surface area contributed by atoms with Gasteiger partial charge in [0, 0.05) is 29.2 Å². The zero-order valence-corrected chi connectivity index (χ0v) is 12.3. The molecular formula is C14H18Cl2N2O. The summed E-state index contributed by atoms with van der Waals surface area (Å²) in [6.45, 7) is 1.30. The quantitative estimate of drug-likeness (QED) is 0.933. The molecule has 0 aromatic heterocycles. The van der Waals surface area contributed by atoms with Crippen LogP contribution in [0, 0.1) is 0 Å². The Bertz CT molecular complexity index is 445. The summed E-state index contributed by atoms with van der Waals surface area (Å²) >= 11 is 12.2. The summed E-state index contributed by atoms with van der Waals surface area (Å²) < 4.78 is 0. The van der Waals surface area contributed by atoms with E-state index in [-0.39, 0.29) is 18.4 Å². The van der Waals surface area contributed by atoms with Crippen LogP contribution in [0.25, 0.3) is 0 Å². The van der Waals surface area contributed by atoms with Crippen molar-refractivity contribution in [1.29, 1.82) is 0 Å². The number of benzene rings is 1. The van der Waals surface area contributed by atoms with E-state index in [1.54, 1.807) is 18.2 Å². The molecule has 0 bridgehead atoms. The van der Waals surface area contributed by atoms with Crippen molar-refractivity contribution in [1.82, 2.24) is 4.90 Å². The molecule has 1 aliphatic rings. The van der Waals surface area contributed by atoms with Crippen molar-refractivity contribution in [2.24, 2.45) is 5.73 Å². The van der Waals surface area contributed by atoms with Crippen LogP contribution >= 0.6 is 23.2 Å². The van der Waals surface area contributed by atoms with E-state index in [0.717, 1.165) is 25.8 Å². The summed E-state index contributed by atoms with van der Waals surface area (Å²) in [7, 11) is 0. The molecule has 1 aromatic carbocycles. The minimum absolute atomic E-state index is 0.0603. The van der Waals surface area contributed by atoms with Gasteiger partial charge in [-0.1, -0.05) is 29.3 Å². The van der Waals surface area contributed by atoms with Crippen molar-refractivity contribution in [2.45, 2.75) is 31.7 Å². The highest BCUT2D eigenvalue weighted by Gasteiger charge is 2.26. The topological polar surface area (TPSA) is 46.3 Å². The molecule has 19 heavy (non-hydrogen) atoms. The molecule has 0 saturated carbocycles. The Balaban J connectivity index is 2.12. The van der Waals surface area contributed by atoms with Gasteiger partial charge in [-0.25, -0.2) is 0 Å². The molecule has 5 heteroatoms. The minimum Gasteiger partial charge on any atom is -0.338 e. The predicted octanol–water partition coefficient (Wildman–Crippen LogP) is 2.88. The third kappa shape index (κ3) is 3.41. The highest BCUT2D eigenvalue weighted by molar-refractivity contribution is 6.36. The second-order valence-corrected chi connectivity index (χ2v) is 5.66. The second-order valence-electron chi connectivity index (χ2n) is 4.85. The normalized spacial score (nSPS) is 19.5. The van der Waals surface area contributed by atoms with Gasteiger partial charge >= 0.3 is 0 Å². The molecule has 104 valence electrons. The molecule has 1 atom stereocenters. The standard InChI is InChI=1S/C14H18Cl2N2O/c15-12-5-3-6-13(16)11(12)8-14(19)18-7-2-1-4-10(18)9-17/h3,5-6,10H,1-2,4,7-9,17H2/t10-/m0/s1. The summed E-state index contributed by atoms with van der Waals surface area (Å²) in [6, 6.07) is 5.45. The van der Waals surface area contributed by atoms with E-state index < -0.39 is 0 Å². The molecule has 0 unspecified atom stereocenters. The van der Waals surface area contributed by atoms with Crippen molar-refractivity contribution in [3.8, 4) is 0 Å². The van der Waals surface area contributed by atoms with E-state index >= 15 is 0 Å². The van der Waals surface area contributed by atoms with Crippen LogP contribution < -0.4 is 5.73 Å². The summed E-state index contributed by atoms with van der Waals surface area (Å²) in [6.07, 6.45) is 3.41. The molecule has 0 radical (unpaired) electrons. The third-order valence-electron chi connectivity index (χ3n) is 3.61. The molecule has 1 aromatic rings. The lowest BCUT2D eigenvalue weighted by molar-refractivity contribution is -0.133. The number of piperidine rings is 1. The van der Waals surface area contributed by atoms with Crippen LogP contribution in [0.4, 0.5) is 0 Å². The average molecular weight is 301 g/mol. The molecule has 1 amide bonds. The average Bonchev–Trinajstić information content (AvgIpc) is 2.42. The van der Waals surface area contributed by atoms with Gasteiger partial charge in [0.25, 0.3) is 0 Å². The first-order chi connectivity index (χ1) is 9.13. The van der Waals surface area contributed by atoms with Crippen LogP contribution in [0.5, 0.6) is 0 Å². The number of nitrogens with two attached hydrogens (primary N) is 1. The molecule has 1 aliphatic heterocycles. The highest BCUT2D eigenvalue weighted by atomic mass is 35.5. The first-order valence-corrected chi connectivity index (χ1v) is 7.31. The number of carbonyl (C=O) groups is 1. The molecule has 0 spiro atoms. The molecular weight excluding hydrogens is 283 g/mol. The van der Waals surface area contributed by atoms with Crippen LogP contribution in [-0.2, 0) is 11.2 Å². The monoisotopic (exact) mass is 300 g/mol. The third-order valence-corrected chi connectivity index (χ3v) is 4.32. The molecule has 0 aliphatic carbocycles. The molecule has 2 rings (SSSR count). The lowest BCUT2D eigenvalue weighted by Crippen LogP contribution is -2.48. The number of carbonyl (C=O) groups excluding carboxylic acids is 1. The summed E-state index contributed by atoms with van der Waals surface area (Å²) in [5, 5.41) is 1.09. The Hall–Kier alpha value is -0.770. The number of nitrogens with zero attached hydrogens (tertiary/aromatic N) is 1. The first-order valence-electron chi connectivity index (χ1n) is 6.56. The fraction of sp³-hybridized carbons (Fsp3) is 0.500. The maximum absolute atomic E-state index is 12.4. The second kappa shape index (κ2) is 6.60. The van der Waals surface area contributed by atoms with Crippen LogP contribution in [0.1, 0.15) is 24.8 Å². The van der Waals surface area contributed by atoms with Crippen LogP contribution in [0.15, 0.2) is 18.2 Å². The number of rotatable bonds is 3. The maximum atomic E-state index is 12.4. The van der Waals surface area contributed by atoms with Gasteiger partial charge in [0.2, 0.25) is 5.91 Å². The Morgan fingerprint density at radius 1 is 1.32 bits per heavy atom. The van der Waals surface area contributed by atoms with Gasteiger partial charge in [0.05, 0.1) is 6.42 Å². The van der Waals surface area contributed by atoms with Crippen LogP contribution in [0.2, 0.25) is 10.0 Å². The van der Waals surface area contributed by atoms with E-state index in [4.69, 9.17) is 28.9 Å². The molecule has 2 N–H and O–H groups in total.